The molecule has 1 aromatic carbocycles. The molecule has 0 aliphatic heterocycles. The molecule has 0 heterocycles. The summed E-state index contributed by atoms with van der Waals surface area (Å²) in [5.74, 6) is -0.599. The summed E-state index contributed by atoms with van der Waals surface area (Å²) in [7, 11) is -1.88. The molecule has 0 aromatic heterocycles. The lowest BCUT2D eigenvalue weighted by Gasteiger charge is -2.28. The van der Waals surface area contributed by atoms with E-state index in [-0.39, 0.29) is 19.1 Å². The van der Waals surface area contributed by atoms with Crippen LogP contribution in [0, 0.1) is 11.8 Å². The van der Waals surface area contributed by atoms with Gasteiger partial charge in [0.1, 0.15) is 12.1 Å². The van der Waals surface area contributed by atoms with Gasteiger partial charge in [0.05, 0.1) is 20.3 Å². The third-order valence-corrected chi connectivity index (χ3v) is 8.89. The minimum atomic E-state index is -3.09. The van der Waals surface area contributed by atoms with Crippen molar-refractivity contribution in [2.45, 2.75) is 72.1 Å². The molecule has 224 valence electrons. The lowest BCUT2D eigenvalue weighted by atomic mass is 9.86. The zero-order valence-corrected chi connectivity index (χ0v) is 25.1. The molecule has 0 bridgehead atoms. The number of amides is 3. The number of aliphatic hydroxyl groups excluding tert-OH is 1. The fourth-order valence-electron chi connectivity index (χ4n) is 3.90. The van der Waals surface area contributed by atoms with Gasteiger partial charge in [0.25, 0.3) is 7.52 Å². The van der Waals surface area contributed by atoms with Gasteiger partial charge < -0.3 is 30.3 Å². The van der Waals surface area contributed by atoms with Crippen LogP contribution in [0.3, 0.4) is 0 Å². The van der Waals surface area contributed by atoms with Crippen molar-refractivity contribution in [2.24, 2.45) is 11.8 Å². The molecule has 12 heteroatoms. The summed E-state index contributed by atoms with van der Waals surface area (Å²) in [4.78, 5) is 36.8. The highest BCUT2D eigenvalue weighted by Gasteiger charge is 2.28. The molecule has 1 unspecified atom stereocenters. The Labute approximate surface area is 237 Å². The smallest absolute Gasteiger partial charge is 0.407 e. The van der Waals surface area contributed by atoms with E-state index >= 15 is 0 Å². The first-order valence-electron chi connectivity index (χ1n) is 13.8. The monoisotopic (exact) mass is 580 g/mol. The molecule has 1 aromatic rings. The zero-order valence-electron chi connectivity index (χ0n) is 24.2. The van der Waals surface area contributed by atoms with Crippen molar-refractivity contribution in [1.29, 1.82) is 0 Å². The van der Waals surface area contributed by atoms with E-state index in [1.807, 2.05) is 13.0 Å². The van der Waals surface area contributed by atoms with Crippen molar-refractivity contribution in [1.82, 2.24) is 15.7 Å². The molecule has 1 aliphatic carbocycles. The average molecular weight is 581 g/mol. The third kappa shape index (κ3) is 11.4. The summed E-state index contributed by atoms with van der Waals surface area (Å²) in [5.41, 5.74) is 2.15. The van der Waals surface area contributed by atoms with Crippen LogP contribution in [-0.4, -0.2) is 61.5 Å². The number of anilines is 1. The van der Waals surface area contributed by atoms with Crippen LogP contribution in [0.5, 0.6) is 0 Å². The number of hydrogen-bond acceptors (Lipinski definition) is 7. The van der Waals surface area contributed by atoms with Crippen molar-refractivity contribution < 1.29 is 33.3 Å². The van der Waals surface area contributed by atoms with E-state index < -0.39 is 37.5 Å². The second-order valence-electron chi connectivity index (χ2n) is 10.6. The molecule has 5 N–H and O–H groups in total. The van der Waals surface area contributed by atoms with Crippen molar-refractivity contribution in [3.05, 3.63) is 41.5 Å². The van der Waals surface area contributed by atoms with Crippen LogP contribution in [-0.2, 0) is 30.0 Å². The molecule has 2 rings (SSSR count). The van der Waals surface area contributed by atoms with Gasteiger partial charge in [-0.3, -0.25) is 14.2 Å². The van der Waals surface area contributed by atoms with Gasteiger partial charge >= 0.3 is 6.09 Å². The Morgan fingerprint density at radius 3 is 2.33 bits per heavy atom. The highest BCUT2D eigenvalue weighted by Crippen LogP contribution is 2.45. The van der Waals surface area contributed by atoms with Gasteiger partial charge in [0.2, 0.25) is 11.8 Å². The Morgan fingerprint density at radius 1 is 1.10 bits per heavy atom. The molecule has 3 amide bonds. The minimum absolute atomic E-state index is 0.0280. The van der Waals surface area contributed by atoms with Crippen molar-refractivity contribution in [3.63, 3.8) is 0 Å². The van der Waals surface area contributed by atoms with Crippen LogP contribution >= 0.6 is 7.52 Å². The first-order chi connectivity index (χ1) is 19.0. The van der Waals surface area contributed by atoms with E-state index in [2.05, 4.69) is 25.8 Å². The van der Waals surface area contributed by atoms with Crippen LogP contribution in [0.25, 0.3) is 0 Å². The Hall–Kier alpha value is -2.72. The number of methoxy groups -OCH3 is 1. The van der Waals surface area contributed by atoms with Crippen LogP contribution in [0.15, 0.2) is 35.9 Å². The van der Waals surface area contributed by atoms with Gasteiger partial charge in [-0.2, -0.15) is 0 Å². The summed E-state index contributed by atoms with van der Waals surface area (Å²) in [6.07, 6.45) is 5.49. The fraction of sp³-hybridized carbons (Fsp3) is 0.607. The summed E-state index contributed by atoms with van der Waals surface area (Å²) >= 11 is 0. The van der Waals surface area contributed by atoms with E-state index in [1.165, 1.54) is 13.5 Å². The highest BCUT2D eigenvalue weighted by atomic mass is 31.2. The predicted molar refractivity (Wildman–Crippen MR) is 155 cm³/mol. The lowest BCUT2D eigenvalue weighted by Crippen LogP contribution is -2.53. The van der Waals surface area contributed by atoms with Crippen LogP contribution in [0.1, 0.15) is 58.9 Å². The van der Waals surface area contributed by atoms with Crippen molar-refractivity contribution >= 4 is 31.1 Å². The summed E-state index contributed by atoms with van der Waals surface area (Å²) in [6.45, 7) is 7.70. The van der Waals surface area contributed by atoms with E-state index in [0.29, 0.717) is 30.7 Å². The number of rotatable bonds is 16. The number of allylic oxidation sites excluding steroid dienone is 1. The number of carbonyl (C=O) groups excluding carboxylic acids is 3. The molecule has 1 fully saturated rings. The van der Waals surface area contributed by atoms with Crippen LogP contribution < -0.4 is 21.0 Å². The second-order valence-corrected chi connectivity index (χ2v) is 13.0. The largest absolute Gasteiger partial charge is 0.453 e. The van der Waals surface area contributed by atoms with Gasteiger partial charge in [-0.05, 0) is 62.6 Å². The summed E-state index contributed by atoms with van der Waals surface area (Å²) < 4.78 is 24.0. The molecule has 1 aliphatic rings. The maximum Gasteiger partial charge on any atom is 0.407 e. The number of aliphatic hydroxyl groups is 1. The standard InChI is InChI=1S/C28H45N4O7P/c1-19(2)25(32-28(36)38-5)27(35)30-21(4)26(34)31-24-13-11-23(12-14-24)18-39-40(37,15-7-8-20(3)17-33)29-16-22-9-6-10-22/h8,11-14,19,21-22,25,33H,6-7,9-10,15-18H2,1-5H3,(H,29,37)(H,30,35)(H,31,34)(H,32,36)/b20-8+/t21-,25-,40?/m0/s1. The first kappa shape index (κ1) is 33.5. The Kier molecular flexibility index (Phi) is 13.8. The molecule has 1 saturated carbocycles. The quantitative estimate of drug-likeness (QED) is 0.146. The molecular formula is C28H45N4O7P. The number of ether oxygens (including phenoxy) is 1. The van der Waals surface area contributed by atoms with E-state index in [9.17, 15) is 24.1 Å². The van der Waals surface area contributed by atoms with Crippen LogP contribution in [0.2, 0.25) is 0 Å². The molecule has 0 spiro atoms. The van der Waals surface area contributed by atoms with Gasteiger partial charge in [-0.15, -0.1) is 0 Å². The Balaban J connectivity index is 1.91. The van der Waals surface area contributed by atoms with Crippen LogP contribution in [0.4, 0.5) is 10.5 Å². The number of nitrogens with one attached hydrogen (secondary N) is 4. The molecule has 11 nitrogen and oxygen atoms in total. The van der Waals surface area contributed by atoms with E-state index in [0.717, 1.165) is 24.0 Å². The molecule has 3 atom stereocenters. The van der Waals surface area contributed by atoms with Crippen molar-refractivity contribution in [3.8, 4) is 0 Å². The maximum atomic E-state index is 13.5. The molecular weight excluding hydrogens is 535 g/mol. The Bertz CT molecular complexity index is 1060. The van der Waals surface area contributed by atoms with Gasteiger partial charge in [-0.25, -0.2) is 9.88 Å². The van der Waals surface area contributed by atoms with E-state index in [4.69, 9.17) is 4.52 Å². The average Bonchev–Trinajstić information content (AvgIpc) is 2.89. The first-order valence-corrected chi connectivity index (χ1v) is 15.6. The maximum absolute atomic E-state index is 13.5. The van der Waals surface area contributed by atoms with Gasteiger partial charge in [-0.1, -0.05) is 44.1 Å². The minimum Gasteiger partial charge on any atom is -0.453 e. The Morgan fingerprint density at radius 2 is 1.77 bits per heavy atom. The van der Waals surface area contributed by atoms with Gasteiger partial charge in [0.15, 0.2) is 0 Å². The highest BCUT2D eigenvalue weighted by molar-refractivity contribution is 7.56. The fourth-order valence-corrected chi connectivity index (χ4v) is 5.64. The second kappa shape index (κ2) is 16.5. The molecule has 0 saturated heterocycles. The number of hydrogen-bond donors (Lipinski definition) is 5. The molecule has 40 heavy (non-hydrogen) atoms. The van der Waals surface area contributed by atoms with Crippen molar-refractivity contribution in [2.75, 3.05) is 31.7 Å². The summed E-state index contributed by atoms with van der Waals surface area (Å²) in [6, 6.07) is 5.27. The van der Waals surface area contributed by atoms with Gasteiger partial charge in [0, 0.05) is 18.4 Å². The topological polar surface area (TPSA) is 155 Å². The SMILES string of the molecule is COC(=O)N[C@H](C(=O)N[C@@H](C)C(=O)Nc1ccc(COP(=O)(CC/C=C(\C)CO)NCC2CCC2)cc1)C(C)C. The van der Waals surface area contributed by atoms with E-state index in [1.54, 1.807) is 45.0 Å². The summed E-state index contributed by atoms with van der Waals surface area (Å²) in [5, 5.41) is 20.2. The predicted octanol–water partition coefficient (Wildman–Crippen LogP) is 3.94. The third-order valence-electron chi connectivity index (χ3n) is 6.83. The normalized spacial score (nSPS) is 16.8. The zero-order chi connectivity index (χ0) is 29.7. The number of alkyl carbamates (subject to hydrolysis) is 1. The lowest BCUT2D eigenvalue weighted by molar-refractivity contribution is -0.128. The molecule has 0 radical (unpaired) electrons. The number of carbonyl (C=O) groups is 3. The number of benzene rings is 1.